The Kier molecular flexibility index (Phi) is 6.08. The SMILES string of the molecule is CCOc1cc2nc(CC3CCOC3)cn2cc1CC(=O)c1ccn(CC(F)F)n1. The highest BCUT2D eigenvalue weighted by Gasteiger charge is 2.19. The van der Waals surface area contributed by atoms with Crippen molar-refractivity contribution in [3.63, 3.8) is 0 Å². The van der Waals surface area contributed by atoms with Crippen LogP contribution in [0, 0.1) is 5.92 Å². The molecule has 1 unspecified atom stereocenters. The lowest BCUT2D eigenvalue weighted by molar-refractivity contribution is 0.0980. The zero-order chi connectivity index (χ0) is 21.1. The van der Waals surface area contributed by atoms with E-state index in [-0.39, 0.29) is 17.9 Å². The van der Waals surface area contributed by atoms with E-state index in [1.165, 1.54) is 12.3 Å². The minimum atomic E-state index is -2.52. The number of fused-ring (bicyclic) bond motifs is 1. The highest BCUT2D eigenvalue weighted by atomic mass is 19.3. The second-order valence-electron chi connectivity index (χ2n) is 7.44. The Hall–Kier alpha value is -2.81. The monoisotopic (exact) mass is 418 g/mol. The van der Waals surface area contributed by atoms with Crippen LogP contribution in [0.25, 0.3) is 5.65 Å². The average molecular weight is 418 g/mol. The van der Waals surface area contributed by atoms with Crippen molar-refractivity contribution >= 4 is 11.4 Å². The summed E-state index contributed by atoms with van der Waals surface area (Å²) in [5.41, 5.74) is 2.59. The van der Waals surface area contributed by atoms with Gasteiger partial charge in [-0.15, -0.1) is 0 Å². The quantitative estimate of drug-likeness (QED) is 0.499. The van der Waals surface area contributed by atoms with Gasteiger partial charge in [0.1, 0.15) is 23.6 Å². The molecule has 30 heavy (non-hydrogen) atoms. The van der Waals surface area contributed by atoms with Crippen molar-refractivity contribution < 1.29 is 23.0 Å². The number of aromatic nitrogens is 4. The number of ketones is 1. The van der Waals surface area contributed by atoms with Gasteiger partial charge < -0.3 is 13.9 Å². The van der Waals surface area contributed by atoms with E-state index < -0.39 is 13.0 Å². The third-order valence-electron chi connectivity index (χ3n) is 5.11. The lowest BCUT2D eigenvalue weighted by atomic mass is 10.0. The molecule has 1 aliphatic rings. The Labute approximate surface area is 172 Å². The number of halogens is 2. The lowest BCUT2D eigenvalue weighted by Crippen LogP contribution is -2.11. The molecule has 0 aromatic carbocycles. The molecule has 0 saturated carbocycles. The number of hydrogen-bond acceptors (Lipinski definition) is 5. The molecule has 0 aliphatic carbocycles. The Morgan fingerprint density at radius 3 is 3.00 bits per heavy atom. The van der Waals surface area contributed by atoms with E-state index in [9.17, 15) is 13.6 Å². The fourth-order valence-corrected chi connectivity index (χ4v) is 3.69. The predicted molar refractivity (Wildman–Crippen MR) is 105 cm³/mol. The number of ether oxygens (including phenoxy) is 2. The first-order valence-corrected chi connectivity index (χ1v) is 10.1. The number of nitrogens with zero attached hydrogens (tertiary/aromatic N) is 4. The minimum Gasteiger partial charge on any atom is -0.493 e. The van der Waals surface area contributed by atoms with Crippen LogP contribution in [-0.2, 0) is 24.1 Å². The normalized spacial score (nSPS) is 16.6. The maximum absolute atomic E-state index is 12.7. The van der Waals surface area contributed by atoms with E-state index in [1.54, 1.807) is 0 Å². The van der Waals surface area contributed by atoms with Gasteiger partial charge in [-0.2, -0.15) is 5.10 Å². The van der Waals surface area contributed by atoms with E-state index in [1.807, 2.05) is 29.8 Å². The molecule has 1 saturated heterocycles. The number of Topliss-reactive ketones (excluding diaryl/α,β-unsaturated/α-hetero) is 1. The second kappa shape index (κ2) is 8.91. The minimum absolute atomic E-state index is 0.0565. The van der Waals surface area contributed by atoms with Crippen molar-refractivity contribution in [3.05, 3.63) is 47.7 Å². The van der Waals surface area contributed by atoms with E-state index in [4.69, 9.17) is 9.47 Å². The van der Waals surface area contributed by atoms with E-state index in [0.717, 1.165) is 42.1 Å². The first kappa shape index (κ1) is 20.5. The summed E-state index contributed by atoms with van der Waals surface area (Å²) in [6.07, 6.45) is 4.62. The van der Waals surface area contributed by atoms with Gasteiger partial charge in [0.25, 0.3) is 6.43 Å². The summed E-state index contributed by atoms with van der Waals surface area (Å²) < 4.78 is 39.2. The van der Waals surface area contributed by atoms with Crippen molar-refractivity contribution in [1.82, 2.24) is 19.2 Å². The molecular formula is C21H24F2N4O3. The van der Waals surface area contributed by atoms with Crippen LogP contribution in [0.1, 0.15) is 35.1 Å². The third kappa shape index (κ3) is 4.67. The highest BCUT2D eigenvalue weighted by Crippen LogP contribution is 2.25. The zero-order valence-corrected chi connectivity index (χ0v) is 16.8. The van der Waals surface area contributed by atoms with Crippen molar-refractivity contribution in [2.45, 2.75) is 39.2 Å². The van der Waals surface area contributed by atoms with Gasteiger partial charge in [0.15, 0.2) is 5.78 Å². The van der Waals surface area contributed by atoms with Crippen molar-refractivity contribution in [2.75, 3.05) is 19.8 Å². The Balaban J connectivity index is 1.55. The molecule has 9 heteroatoms. The van der Waals surface area contributed by atoms with Crippen LogP contribution in [0.5, 0.6) is 5.75 Å². The number of carbonyl (C=O) groups is 1. The summed E-state index contributed by atoms with van der Waals surface area (Å²) >= 11 is 0. The molecule has 0 amide bonds. The number of imidazole rings is 1. The molecule has 1 aliphatic heterocycles. The summed E-state index contributed by atoms with van der Waals surface area (Å²) in [7, 11) is 0. The number of rotatable bonds is 9. The topological polar surface area (TPSA) is 70.7 Å². The largest absolute Gasteiger partial charge is 0.493 e. The average Bonchev–Trinajstić information content (AvgIpc) is 3.43. The van der Waals surface area contributed by atoms with E-state index >= 15 is 0 Å². The molecular weight excluding hydrogens is 394 g/mol. The first-order valence-electron chi connectivity index (χ1n) is 10.1. The van der Waals surface area contributed by atoms with Crippen LogP contribution in [-0.4, -0.2) is 51.2 Å². The van der Waals surface area contributed by atoms with Gasteiger partial charge in [0.05, 0.1) is 12.3 Å². The van der Waals surface area contributed by atoms with Crippen LogP contribution in [0.4, 0.5) is 8.78 Å². The lowest BCUT2D eigenvalue weighted by Gasteiger charge is -2.10. The Morgan fingerprint density at radius 1 is 1.40 bits per heavy atom. The molecule has 4 heterocycles. The van der Waals surface area contributed by atoms with E-state index in [2.05, 4.69) is 10.1 Å². The van der Waals surface area contributed by atoms with Gasteiger partial charge >= 0.3 is 0 Å². The molecule has 0 spiro atoms. The van der Waals surface area contributed by atoms with Crippen molar-refractivity contribution in [1.29, 1.82) is 0 Å². The van der Waals surface area contributed by atoms with Gasteiger partial charge in [-0.05, 0) is 31.7 Å². The van der Waals surface area contributed by atoms with Crippen LogP contribution in [0.3, 0.4) is 0 Å². The fourth-order valence-electron chi connectivity index (χ4n) is 3.69. The fraction of sp³-hybridized carbons (Fsp3) is 0.476. The van der Waals surface area contributed by atoms with Gasteiger partial charge in [0, 0.05) is 49.9 Å². The van der Waals surface area contributed by atoms with Crippen molar-refractivity contribution in [3.8, 4) is 5.75 Å². The number of pyridine rings is 1. The summed E-state index contributed by atoms with van der Waals surface area (Å²) in [6.45, 7) is 3.35. The van der Waals surface area contributed by atoms with E-state index in [0.29, 0.717) is 23.8 Å². The van der Waals surface area contributed by atoms with Crippen LogP contribution in [0.2, 0.25) is 0 Å². The molecule has 160 valence electrons. The molecule has 4 rings (SSSR count). The molecule has 3 aromatic rings. The molecule has 0 N–H and O–H groups in total. The molecule has 0 bridgehead atoms. The standard InChI is InChI=1S/C21H24F2N4O3/c1-2-30-19-9-21-24-16(7-14-4-6-29-13-14)11-26(21)10-15(19)8-18(28)17-3-5-27(25-17)12-20(22)23/h3,5,9-11,14,20H,2,4,6-8,12-13H2,1H3. The zero-order valence-electron chi connectivity index (χ0n) is 16.8. The summed E-state index contributed by atoms with van der Waals surface area (Å²) in [5.74, 6) is 0.809. The second-order valence-corrected chi connectivity index (χ2v) is 7.44. The molecule has 3 aromatic heterocycles. The first-order chi connectivity index (χ1) is 14.5. The van der Waals surface area contributed by atoms with Crippen LogP contribution in [0.15, 0.2) is 30.7 Å². The summed E-state index contributed by atoms with van der Waals surface area (Å²) in [4.78, 5) is 17.4. The Bertz CT molecular complexity index is 1020. The molecule has 1 atom stereocenters. The maximum Gasteiger partial charge on any atom is 0.257 e. The summed E-state index contributed by atoms with van der Waals surface area (Å²) in [6, 6.07) is 3.29. The molecule has 7 nitrogen and oxygen atoms in total. The Morgan fingerprint density at radius 2 is 2.27 bits per heavy atom. The van der Waals surface area contributed by atoms with Crippen LogP contribution >= 0.6 is 0 Å². The van der Waals surface area contributed by atoms with Gasteiger partial charge in [-0.1, -0.05) is 0 Å². The van der Waals surface area contributed by atoms with Gasteiger partial charge in [-0.25, -0.2) is 13.8 Å². The molecule has 0 radical (unpaired) electrons. The van der Waals surface area contributed by atoms with Gasteiger partial charge in [0.2, 0.25) is 0 Å². The van der Waals surface area contributed by atoms with Crippen molar-refractivity contribution in [2.24, 2.45) is 5.92 Å². The molecule has 1 fully saturated rings. The van der Waals surface area contributed by atoms with Gasteiger partial charge in [-0.3, -0.25) is 9.48 Å². The predicted octanol–water partition coefficient (Wildman–Crippen LogP) is 3.20. The summed E-state index contributed by atoms with van der Waals surface area (Å²) in [5, 5.41) is 3.96. The highest BCUT2D eigenvalue weighted by molar-refractivity contribution is 5.96. The smallest absolute Gasteiger partial charge is 0.257 e. The number of carbonyl (C=O) groups excluding carboxylic acids is 1. The van der Waals surface area contributed by atoms with Crippen LogP contribution < -0.4 is 4.74 Å². The third-order valence-corrected chi connectivity index (χ3v) is 5.11. The maximum atomic E-state index is 12.7. The number of alkyl halides is 2. The number of hydrogen-bond donors (Lipinski definition) is 0.